The number of piperidine rings is 1. The molecular formula is C13H20N4OS. The van der Waals surface area contributed by atoms with Gasteiger partial charge in [0.05, 0.1) is 23.4 Å². The number of aromatic nitrogens is 2. The van der Waals surface area contributed by atoms with Gasteiger partial charge in [-0.25, -0.2) is 4.68 Å². The lowest BCUT2D eigenvalue weighted by molar-refractivity contribution is 0.513. The highest BCUT2D eigenvalue weighted by molar-refractivity contribution is 7.80. The zero-order valence-corrected chi connectivity index (χ0v) is 12.0. The zero-order chi connectivity index (χ0) is 13.8. The Hall–Kier alpha value is -1.43. The molecule has 0 aromatic carbocycles. The lowest BCUT2D eigenvalue weighted by Gasteiger charge is -2.28. The van der Waals surface area contributed by atoms with E-state index in [9.17, 15) is 4.79 Å². The minimum absolute atomic E-state index is 0.0268. The maximum Gasteiger partial charge on any atom is 0.268 e. The van der Waals surface area contributed by atoms with Crippen molar-refractivity contribution in [1.82, 2.24) is 9.78 Å². The van der Waals surface area contributed by atoms with Crippen molar-refractivity contribution in [3.8, 4) is 0 Å². The molecule has 2 heterocycles. The largest absolute Gasteiger partial charge is 0.393 e. The molecule has 1 aliphatic rings. The molecule has 1 fully saturated rings. The highest BCUT2D eigenvalue weighted by atomic mass is 32.1. The van der Waals surface area contributed by atoms with Gasteiger partial charge in [-0.15, -0.1) is 0 Å². The Kier molecular flexibility index (Phi) is 4.52. The molecule has 2 N–H and O–H groups in total. The van der Waals surface area contributed by atoms with Crippen LogP contribution in [0.25, 0.3) is 0 Å². The van der Waals surface area contributed by atoms with E-state index in [1.807, 2.05) is 6.92 Å². The number of nitrogens with zero attached hydrogens (tertiary/aromatic N) is 3. The van der Waals surface area contributed by atoms with E-state index in [0.29, 0.717) is 11.5 Å². The predicted octanol–water partition coefficient (Wildman–Crippen LogP) is 1.16. The van der Waals surface area contributed by atoms with Crippen molar-refractivity contribution in [3.63, 3.8) is 0 Å². The molecule has 104 valence electrons. The first-order valence-corrected chi connectivity index (χ1v) is 7.10. The Bertz CT molecular complexity index is 508. The molecule has 0 radical (unpaired) electrons. The predicted molar refractivity (Wildman–Crippen MR) is 80.5 cm³/mol. The molecule has 1 atom stereocenters. The van der Waals surface area contributed by atoms with Gasteiger partial charge in [0.15, 0.2) is 0 Å². The van der Waals surface area contributed by atoms with Gasteiger partial charge in [0.2, 0.25) is 0 Å². The summed E-state index contributed by atoms with van der Waals surface area (Å²) in [5.74, 6) is -0.0268. The van der Waals surface area contributed by atoms with Gasteiger partial charge in [-0.1, -0.05) is 19.1 Å². The van der Waals surface area contributed by atoms with E-state index in [1.165, 1.54) is 23.9 Å². The van der Waals surface area contributed by atoms with Crippen LogP contribution in [0.5, 0.6) is 0 Å². The van der Waals surface area contributed by atoms with E-state index in [2.05, 4.69) is 10.00 Å². The molecule has 0 bridgehead atoms. The van der Waals surface area contributed by atoms with Gasteiger partial charge in [-0.05, 0) is 19.3 Å². The second-order valence-corrected chi connectivity index (χ2v) is 5.56. The SMILES string of the molecule is CC(Cn1ncc(N2CCCCC2)cc1=O)C(N)=S. The molecule has 0 amide bonds. The molecule has 0 saturated carbocycles. The molecule has 6 heteroatoms. The van der Waals surface area contributed by atoms with E-state index in [1.54, 1.807) is 12.3 Å². The molecular weight excluding hydrogens is 260 g/mol. The number of rotatable bonds is 4. The van der Waals surface area contributed by atoms with Crippen LogP contribution in [0.15, 0.2) is 17.1 Å². The third-order valence-electron chi connectivity index (χ3n) is 3.51. The number of nitrogens with two attached hydrogens (primary N) is 1. The van der Waals surface area contributed by atoms with Crippen LogP contribution in [0.2, 0.25) is 0 Å². The second-order valence-electron chi connectivity index (χ2n) is 5.09. The van der Waals surface area contributed by atoms with Crippen molar-refractivity contribution in [2.24, 2.45) is 11.7 Å². The third kappa shape index (κ3) is 3.53. The molecule has 2 rings (SSSR count). The lowest BCUT2D eigenvalue weighted by Crippen LogP contribution is -2.33. The van der Waals surface area contributed by atoms with Gasteiger partial charge >= 0.3 is 0 Å². The molecule has 0 aliphatic carbocycles. The molecule has 19 heavy (non-hydrogen) atoms. The summed E-state index contributed by atoms with van der Waals surface area (Å²) >= 11 is 4.92. The van der Waals surface area contributed by atoms with Crippen molar-refractivity contribution >= 4 is 22.9 Å². The average Bonchev–Trinajstić information content (AvgIpc) is 2.41. The van der Waals surface area contributed by atoms with Crippen LogP contribution in [0.3, 0.4) is 0 Å². The minimum atomic E-state index is -0.0915. The van der Waals surface area contributed by atoms with E-state index >= 15 is 0 Å². The number of hydrogen-bond acceptors (Lipinski definition) is 4. The monoisotopic (exact) mass is 280 g/mol. The highest BCUT2D eigenvalue weighted by Gasteiger charge is 2.13. The number of hydrogen-bond donors (Lipinski definition) is 1. The van der Waals surface area contributed by atoms with Crippen LogP contribution in [-0.2, 0) is 6.54 Å². The molecule has 1 unspecified atom stereocenters. The van der Waals surface area contributed by atoms with Gasteiger partial charge in [0.25, 0.3) is 5.56 Å². The van der Waals surface area contributed by atoms with Crippen molar-refractivity contribution < 1.29 is 0 Å². The van der Waals surface area contributed by atoms with Crippen molar-refractivity contribution in [1.29, 1.82) is 0 Å². The summed E-state index contributed by atoms with van der Waals surface area (Å²) in [6.07, 6.45) is 5.40. The molecule has 1 aromatic heterocycles. The highest BCUT2D eigenvalue weighted by Crippen LogP contribution is 2.16. The van der Waals surface area contributed by atoms with Crippen LogP contribution < -0.4 is 16.2 Å². The van der Waals surface area contributed by atoms with Crippen LogP contribution in [0.4, 0.5) is 5.69 Å². The van der Waals surface area contributed by atoms with E-state index in [4.69, 9.17) is 18.0 Å². The molecule has 1 aromatic rings. The van der Waals surface area contributed by atoms with Crippen molar-refractivity contribution in [2.45, 2.75) is 32.7 Å². The fraction of sp³-hybridized carbons (Fsp3) is 0.615. The summed E-state index contributed by atoms with van der Waals surface area (Å²) < 4.78 is 1.43. The van der Waals surface area contributed by atoms with Gasteiger partial charge < -0.3 is 10.6 Å². The smallest absolute Gasteiger partial charge is 0.268 e. The Morgan fingerprint density at radius 1 is 1.47 bits per heavy atom. The van der Waals surface area contributed by atoms with Crippen LogP contribution >= 0.6 is 12.2 Å². The normalized spacial score (nSPS) is 17.2. The van der Waals surface area contributed by atoms with Crippen molar-refractivity contribution in [2.75, 3.05) is 18.0 Å². The summed E-state index contributed by atoms with van der Waals surface area (Å²) in [7, 11) is 0. The number of anilines is 1. The van der Waals surface area contributed by atoms with Crippen LogP contribution in [0.1, 0.15) is 26.2 Å². The summed E-state index contributed by atoms with van der Waals surface area (Å²) in [5.41, 5.74) is 6.39. The quantitative estimate of drug-likeness (QED) is 0.838. The Morgan fingerprint density at radius 3 is 2.74 bits per heavy atom. The summed E-state index contributed by atoms with van der Waals surface area (Å²) in [6.45, 7) is 4.35. The summed E-state index contributed by atoms with van der Waals surface area (Å²) in [5, 5.41) is 4.22. The fourth-order valence-electron chi connectivity index (χ4n) is 2.24. The average molecular weight is 280 g/mol. The maximum absolute atomic E-state index is 12.0. The Morgan fingerprint density at radius 2 is 2.16 bits per heavy atom. The standard InChI is InChI=1S/C13H20N4OS/c1-10(13(14)19)9-17-12(18)7-11(8-15-17)16-5-3-2-4-6-16/h7-8,10H,2-6,9H2,1H3,(H2,14,19). The first kappa shape index (κ1) is 14.0. The second kappa shape index (κ2) is 6.14. The van der Waals surface area contributed by atoms with Gasteiger partial charge in [0.1, 0.15) is 0 Å². The molecule has 0 spiro atoms. The van der Waals surface area contributed by atoms with E-state index in [0.717, 1.165) is 18.8 Å². The van der Waals surface area contributed by atoms with Gasteiger partial charge in [-0.2, -0.15) is 5.10 Å². The van der Waals surface area contributed by atoms with Gasteiger partial charge in [0, 0.05) is 25.1 Å². The lowest BCUT2D eigenvalue weighted by atomic mass is 10.1. The van der Waals surface area contributed by atoms with E-state index in [-0.39, 0.29) is 11.5 Å². The maximum atomic E-state index is 12.0. The minimum Gasteiger partial charge on any atom is -0.393 e. The van der Waals surface area contributed by atoms with Crippen LogP contribution in [0, 0.1) is 5.92 Å². The Labute approximate surface area is 118 Å². The molecule has 1 aliphatic heterocycles. The first-order chi connectivity index (χ1) is 9.08. The molecule has 5 nitrogen and oxygen atoms in total. The summed E-state index contributed by atoms with van der Waals surface area (Å²) in [4.78, 5) is 14.7. The Balaban J connectivity index is 2.12. The summed E-state index contributed by atoms with van der Waals surface area (Å²) in [6, 6.07) is 1.66. The van der Waals surface area contributed by atoms with Crippen molar-refractivity contribution in [3.05, 3.63) is 22.6 Å². The molecule has 1 saturated heterocycles. The van der Waals surface area contributed by atoms with E-state index < -0.39 is 0 Å². The topological polar surface area (TPSA) is 64.2 Å². The zero-order valence-electron chi connectivity index (χ0n) is 11.2. The first-order valence-electron chi connectivity index (χ1n) is 6.69. The van der Waals surface area contributed by atoms with Crippen LogP contribution in [-0.4, -0.2) is 27.9 Å². The van der Waals surface area contributed by atoms with Gasteiger partial charge in [-0.3, -0.25) is 4.79 Å². The number of thiocarbonyl (C=S) groups is 1. The third-order valence-corrected chi connectivity index (χ3v) is 3.91. The fourth-order valence-corrected chi connectivity index (χ4v) is 2.31.